The first-order valence-electron chi connectivity index (χ1n) is 12.7. The fourth-order valence-corrected chi connectivity index (χ4v) is 6.56. The summed E-state index contributed by atoms with van der Waals surface area (Å²) in [6.07, 6.45) is 2.43. The van der Waals surface area contributed by atoms with E-state index < -0.39 is 22.0 Å². The van der Waals surface area contributed by atoms with Crippen LogP contribution in [0.25, 0.3) is 0 Å². The van der Waals surface area contributed by atoms with Crippen molar-refractivity contribution in [3.8, 4) is 0 Å². The zero-order valence-corrected chi connectivity index (χ0v) is 23.1. The number of carbonyl (C=O) groups is 2. The Labute approximate surface area is 224 Å². The summed E-state index contributed by atoms with van der Waals surface area (Å²) in [7, 11) is -3.98. The largest absolute Gasteiger partial charge is 0.353 e. The Hall–Kier alpha value is -2.46. The first kappa shape index (κ1) is 27.6. The molecule has 0 spiro atoms. The van der Waals surface area contributed by atoms with E-state index in [1.54, 1.807) is 0 Å². The standard InChI is InChI=1S/C27H35ClN4O4S/c1-27(2,3)30-17-18-7-12-22-19(15-18)5-4-6-23(22)31-25(33)16-24-26(34)29-13-14-32(24)37(35,36)21-10-8-20(28)9-11-21/h7-12,15,23-24,30H,4-6,13-14,16-17H2,1-3H3,(H,29,34)(H,31,33)/t23-,24-/m1/s1. The highest BCUT2D eigenvalue weighted by molar-refractivity contribution is 7.89. The molecule has 1 heterocycles. The van der Waals surface area contributed by atoms with E-state index >= 15 is 0 Å². The van der Waals surface area contributed by atoms with Crippen molar-refractivity contribution in [1.29, 1.82) is 0 Å². The zero-order valence-electron chi connectivity index (χ0n) is 21.5. The molecule has 0 aromatic heterocycles. The average Bonchev–Trinajstić information content (AvgIpc) is 2.84. The van der Waals surface area contributed by atoms with Crippen LogP contribution in [-0.4, -0.2) is 49.2 Å². The Bertz CT molecular complexity index is 1260. The summed E-state index contributed by atoms with van der Waals surface area (Å²) in [6.45, 7) is 7.43. The number of carbonyl (C=O) groups excluding carboxylic acids is 2. The third kappa shape index (κ3) is 6.71. The van der Waals surface area contributed by atoms with Crippen LogP contribution >= 0.6 is 11.6 Å². The number of amides is 2. The molecule has 0 radical (unpaired) electrons. The number of rotatable bonds is 7. The van der Waals surface area contributed by atoms with Crippen molar-refractivity contribution in [1.82, 2.24) is 20.3 Å². The summed E-state index contributed by atoms with van der Waals surface area (Å²) >= 11 is 5.91. The fourth-order valence-electron chi connectivity index (χ4n) is 4.84. The first-order valence-corrected chi connectivity index (χ1v) is 14.5. The highest BCUT2D eigenvalue weighted by Gasteiger charge is 2.40. The Morgan fingerprint density at radius 2 is 1.89 bits per heavy atom. The number of piperazine rings is 1. The number of aryl methyl sites for hydroxylation is 1. The number of nitrogens with one attached hydrogen (secondary N) is 3. The van der Waals surface area contributed by atoms with Crippen LogP contribution in [0, 0.1) is 0 Å². The third-order valence-corrected chi connectivity index (χ3v) is 8.93. The van der Waals surface area contributed by atoms with Crippen LogP contribution < -0.4 is 16.0 Å². The first-order chi connectivity index (χ1) is 17.4. The topological polar surface area (TPSA) is 108 Å². The highest BCUT2D eigenvalue weighted by Crippen LogP contribution is 2.31. The minimum atomic E-state index is -3.98. The third-order valence-electron chi connectivity index (χ3n) is 6.76. The number of sulfonamides is 1. The van der Waals surface area contributed by atoms with Gasteiger partial charge in [-0.2, -0.15) is 4.31 Å². The summed E-state index contributed by atoms with van der Waals surface area (Å²) in [5.74, 6) is -0.825. The van der Waals surface area contributed by atoms with Gasteiger partial charge in [0.1, 0.15) is 6.04 Å². The van der Waals surface area contributed by atoms with Crippen molar-refractivity contribution in [3.63, 3.8) is 0 Å². The minimum Gasteiger partial charge on any atom is -0.353 e. The average molecular weight is 547 g/mol. The molecule has 4 rings (SSSR count). The molecular weight excluding hydrogens is 512 g/mol. The van der Waals surface area contributed by atoms with Gasteiger partial charge in [-0.3, -0.25) is 9.59 Å². The molecule has 1 aliphatic carbocycles. The van der Waals surface area contributed by atoms with E-state index in [4.69, 9.17) is 11.6 Å². The maximum absolute atomic E-state index is 13.3. The van der Waals surface area contributed by atoms with Crippen LogP contribution in [0.1, 0.15) is 62.8 Å². The van der Waals surface area contributed by atoms with Gasteiger partial charge < -0.3 is 16.0 Å². The van der Waals surface area contributed by atoms with Crippen LogP contribution in [0.5, 0.6) is 0 Å². The van der Waals surface area contributed by atoms with Crippen molar-refractivity contribution in [2.24, 2.45) is 0 Å². The summed E-state index contributed by atoms with van der Waals surface area (Å²) < 4.78 is 27.7. The van der Waals surface area contributed by atoms with E-state index in [2.05, 4.69) is 54.9 Å². The number of benzene rings is 2. The van der Waals surface area contributed by atoms with Crippen molar-refractivity contribution in [2.75, 3.05) is 13.1 Å². The van der Waals surface area contributed by atoms with E-state index in [9.17, 15) is 18.0 Å². The lowest BCUT2D eigenvalue weighted by molar-refractivity contribution is -0.132. The second kappa shape index (κ2) is 11.1. The number of nitrogens with zero attached hydrogens (tertiary/aromatic N) is 1. The van der Waals surface area contributed by atoms with Gasteiger partial charge in [0, 0.05) is 30.2 Å². The SMILES string of the molecule is CC(C)(C)NCc1ccc2c(c1)CCC[C@H]2NC(=O)C[C@@H]1C(=O)NCCN1S(=O)(=O)c1ccc(Cl)cc1. The summed E-state index contributed by atoms with van der Waals surface area (Å²) in [5.41, 5.74) is 3.51. The highest BCUT2D eigenvalue weighted by atomic mass is 35.5. The van der Waals surface area contributed by atoms with Crippen LogP contribution in [-0.2, 0) is 32.6 Å². The van der Waals surface area contributed by atoms with Crippen molar-refractivity contribution in [3.05, 3.63) is 64.2 Å². The van der Waals surface area contributed by atoms with E-state index in [0.29, 0.717) is 5.02 Å². The van der Waals surface area contributed by atoms with Gasteiger partial charge in [-0.05, 0) is 81.0 Å². The molecule has 0 unspecified atom stereocenters. The van der Waals surface area contributed by atoms with Gasteiger partial charge in [0.05, 0.1) is 17.4 Å². The molecule has 3 N–H and O–H groups in total. The van der Waals surface area contributed by atoms with Gasteiger partial charge in [0.15, 0.2) is 0 Å². The van der Waals surface area contributed by atoms with Gasteiger partial charge >= 0.3 is 0 Å². The Morgan fingerprint density at radius 1 is 1.16 bits per heavy atom. The van der Waals surface area contributed by atoms with Gasteiger partial charge in [-0.15, -0.1) is 0 Å². The lowest BCUT2D eigenvalue weighted by Crippen LogP contribution is -2.58. The fraction of sp³-hybridized carbons (Fsp3) is 0.481. The van der Waals surface area contributed by atoms with Gasteiger partial charge in [0.25, 0.3) is 0 Å². The van der Waals surface area contributed by atoms with E-state index in [-0.39, 0.29) is 41.9 Å². The summed E-state index contributed by atoms with van der Waals surface area (Å²) in [5, 5.41) is 9.67. The molecule has 0 saturated carbocycles. The van der Waals surface area contributed by atoms with Gasteiger partial charge in [0.2, 0.25) is 21.8 Å². The molecule has 2 amide bonds. The zero-order chi connectivity index (χ0) is 26.8. The van der Waals surface area contributed by atoms with Crippen LogP contribution in [0.15, 0.2) is 47.4 Å². The summed E-state index contributed by atoms with van der Waals surface area (Å²) in [6, 6.07) is 10.9. The second-order valence-electron chi connectivity index (χ2n) is 10.7. The summed E-state index contributed by atoms with van der Waals surface area (Å²) in [4.78, 5) is 25.9. The maximum atomic E-state index is 13.3. The lowest BCUT2D eigenvalue weighted by atomic mass is 9.86. The molecule has 2 atom stereocenters. The Kier molecular flexibility index (Phi) is 8.28. The van der Waals surface area contributed by atoms with E-state index in [1.165, 1.54) is 35.4 Å². The second-order valence-corrected chi connectivity index (χ2v) is 13.1. The normalized spacial score (nSPS) is 20.7. The molecule has 2 aromatic rings. The molecule has 1 fully saturated rings. The monoisotopic (exact) mass is 546 g/mol. The molecule has 8 nitrogen and oxygen atoms in total. The molecule has 2 aromatic carbocycles. The minimum absolute atomic E-state index is 0.0206. The van der Waals surface area contributed by atoms with Crippen LogP contribution in [0.4, 0.5) is 0 Å². The van der Waals surface area contributed by atoms with Crippen LogP contribution in [0.2, 0.25) is 5.02 Å². The molecule has 0 bridgehead atoms. The van der Waals surface area contributed by atoms with Crippen molar-refractivity contribution in [2.45, 2.75) is 75.5 Å². The number of halogens is 1. The smallest absolute Gasteiger partial charge is 0.243 e. The Morgan fingerprint density at radius 3 is 2.59 bits per heavy atom. The predicted molar refractivity (Wildman–Crippen MR) is 144 cm³/mol. The molecule has 10 heteroatoms. The number of hydrogen-bond acceptors (Lipinski definition) is 5. The number of fused-ring (bicyclic) bond motifs is 1. The lowest BCUT2D eigenvalue weighted by Gasteiger charge is -2.34. The maximum Gasteiger partial charge on any atom is 0.243 e. The molecule has 200 valence electrons. The predicted octanol–water partition coefficient (Wildman–Crippen LogP) is 3.30. The molecule has 37 heavy (non-hydrogen) atoms. The number of hydrogen-bond donors (Lipinski definition) is 3. The molecule has 2 aliphatic rings. The Balaban J connectivity index is 1.47. The van der Waals surface area contributed by atoms with Gasteiger partial charge in [-0.25, -0.2) is 8.42 Å². The van der Waals surface area contributed by atoms with E-state index in [1.807, 2.05) is 0 Å². The van der Waals surface area contributed by atoms with Crippen molar-refractivity contribution >= 4 is 33.4 Å². The van der Waals surface area contributed by atoms with Gasteiger partial charge in [-0.1, -0.05) is 29.8 Å². The van der Waals surface area contributed by atoms with Crippen LogP contribution in [0.3, 0.4) is 0 Å². The van der Waals surface area contributed by atoms with Crippen molar-refractivity contribution < 1.29 is 18.0 Å². The molecular formula is C27H35ClN4O4S. The molecule has 1 saturated heterocycles. The molecule has 1 aliphatic heterocycles. The van der Waals surface area contributed by atoms with E-state index in [0.717, 1.165) is 35.7 Å². The quantitative estimate of drug-likeness (QED) is 0.494.